The Bertz CT molecular complexity index is 669. The quantitative estimate of drug-likeness (QED) is 0.892. The maximum absolute atomic E-state index is 13.0. The Balaban J connectivity index is 1.93. The van der Waals surface area contributed by atoms with Gasteiger partial charge in [-0.05, 0) is 32.1 Å². The van der Waals surface area contributed by atoms with Crippen molar-refractivity contribution in [3.63, 3.8) is 0 Å². The van der Waals surface area contributed by atoms with E-state index in [0.717, 1.165) is 32.4 Å². The van der Waals surface area contributed by atoms with Gasteiger partial charge in [-0.15, -0.1) is 0 Å². The van der Waals surface area contributed by atoms with Crippen molar-refractivity contribution in [2.45, 2.75) is 44.6 Å². The van der Waals surface area contributed by atoms with Gasteiger partial charge in [0, 0.05) is 25.8 Å². The molecule has 2 aliphatic rings. The molecule has 1 N–H and O–H groups in total. The predicted molar refractivity (Wildman–Crippen MR) is 84.0 cm³/mol. The molecule has 2 fully saturated rings. The third kappa shape index (κ3) is 2.54. The minimum absolute atomic E-state index is 0.00851. The molecule has 7 nitrogen and oxygen atoms in total. The van der Waals surface area contributed by atoms with Gasteiger partial charge in [-0.1, -0.05) is 6.92 Å². The lowest BCUT2D eigenvalue weighted by Crippen LogP contribution is -2.61. The first-order valence-electron chi connectivity index (χ1n) is 8.24. The number of aromatic amines is 1. The monoisotopic (exact) mass is 318 g/mol. The van der Waals surface area contributed by atoms with Gasteiger partial charge in [0.2, 0.25) is 5.91 Å². The van der Waals surface area contributed by atoms with E-state index in [1.807, 2.05) is 11.8 Å². The number of hydrogen-bond acceptors (Lipinski definition) is 4. The van der Waals surface area contributed by atoms with E-state index < -0.39 is 11.1 Å². The Morgan fingerprint density at radius 3 is 2.74 bits per heavy atom. The highest BCUT2D eigenvalue weighted by atomic mass is 16.2. The van der Waals surface area contributed by atoms with Gasteiger partial charge in [-0.2, -0.15) is 0 Å². The Labute approximate surface area is 134 Å². The van der Waals surface area contributed by atoms with Crippen molar-refractivity contribution in [3.05, 3.63) is 28.4 Å². The predicted octanol–water partition coefficient (Wildman–Crippen LogP) is 0.777. The number of nitrogens with zero attached hydrogens (tertiary/aromatic N) is 3. The van der Waals surface area contributed by atoms with Crippen molar-refractivity contribution in [3.8, 4) is 0 Å². The first kappa shape index (κ1) is 15.7. The first-order chi connectivity index (χ1) is 11.1. The molecule has 0 radical (unpaired) electrons. The molecule has 2 amide bonds. The van der Waals surface area contributed by atoms with Crippen LogP contribution >= 0.6 is 0 Å². The molecule has 2 saturated heterocycles. The molecule has 7 heteroatoms. The molecular weight excluding hydrogens is 296 g/mol. The number of likely N-dealkylation sites (tertiary alicyclic amines) is 2. The Hall–Kier alpha value is -2.18. The van der Waals surface area contributed by atoms with Crippen LogP contribution < -0.4 is 5.56 Å². The molecule has 1 atom stereocenters. The second-order valence-electron chi connectivity index (χ2n) is 6.28. The summed E-state index contributed by atoms with van der Waals surface area (Å²) >= 11 is 0. The summed E-state index contributed by atoms with van der Waals surface area (Å²) in [5.74, 6) is -0.347. The van der Waals surface area contributed by atoms with E-state index in [-0.39, 0.29) is 17.4 Å². The van der Waals surface area contributed by atoms with Gasteiger partial charge in [0.05, 0.1) is 6.33 Å². The normalized spacial score (nSPS) is 24.5. The standard InChI is InChI=1S/C16H22N4O3/c1-2-7-19-8-3-5-16(15(19)23)6-4-9-20(16)14(22)12-10-17-11-18-13(12)21/h10-11H,2-9H2,1H3,(H,17,18,21). The summed E-state index contributed by atoms with van der Waals surface area (Å²) in [6.07, 6.45) is 6.47. The molecule has 1 unspecified atom stereocenters. The van der Waals surface area contributed by atoms with Crippen LogP contribution in [0.5, 0.6) is 0 Å². The van der Waals surface area contributed by atoms with Crippen LogP contribution in [0.15, 0.2) is 17.3 Å². The largest absolute Gasteiger partial charge is 0.341 e. The van der Waals surface area contributed by atoms with Crippen LogP contribution in [-0.2, 0) is 4.79 Å². The molecule has 0 bridgehead atoms. The smallest absolute Gasteiger partial charge is 0.263 e. The van der Waals surface area contributed by atoms with E-state index in [9.17, 15) is 14.4 Å². The summed E-state index contributed by atoms with van der Waals surface area (Å²) in [6.45, 7) is 4.03. The van der Waals surface area contributed by atoms with E-state index in [0.29, 0.717) is 19.4 Å². The van der Waals surface area contributed by atoms with Crippen molar-refractivity contribution >= 4 is 11.8 Å². The number of rotatable bonds is 3. The molecule has 124 valence electrons. The molecule has 1 aromatic heterocycles. The number of H-pyrrole nitrogens is 1. The Morgan fingerprint density at radius 1 is 1.30 bits per heavy atom. The molecule has 3 rings (SSSR count). The van der Waals surface area contributed by atoms with Crippen LogP contribution in [0.1, 0.15) is 49.4 Å². The molecule has 0 aliphatic carbocycles. The lowest BCUT2D eigenvalue weighted by Gasteiger charge is -2.44. The number of carbonyl (C=O) groups excluding carboxylic acids is 2. The van der Waals surface area contributed by atoms with Gasteiger partial charge >= 0.3 is 0 Å². The summed E-state index contributed by atoms with van der Waals surface area (Å²) in [7, 11) is 0. The number of aromatic nitrogens is 2. The second-order valence-corrected chi connectivity index (χ2v) is 6.28. The molecule has 3 heterocycles. The van der Waals surface area contributed by atoms with Crippen LogP contribution in [0.25, 0.3) is 0 Å². The fourth-order valence-electron chi connectivity index (χ4n) is 3.85. The van der Waals surface area contributed by atoms with Gasteiger partial charge in [-0.3, -0.25) is 14.4 Å². The lowest BCUT2D eigenvalue weighted by molar-refractivity contribution is -0.145. The Kier molecular flexibility index (Phi) is 4.19. The number of hydrogen-bond donors (Lipinski definition) is 1. The minimum atomic E-state index is -0.771. The fraction of sp³-hybridized carbons (Fsp3) is 0.625. The summed E-state index contributed by atoms with van der Waals surface area (Å²) in [4.78, 5) is 47.5. The summed E-state index contributed by atoms with van der Waals surface area (Å²) in [5.41, 5.74) is -1.22. The molecule has 23 heavy (non-hydrogen) atoms. The van der Waals surface area contributed by atoms with Crippen LogP contribution in [0.4, 0.5) is 0 Å². The van der Waals surface area contributed by atoms with E-state index in [2.05, 4.69) is 9.97 Å². The third-order valence-electron chi connectivity index (χ3n) is 4.88. The van der Waals surface area contributed by atoms with E-state index in [1.54, 1.807) is 4.90 Å². The highest BCUT2D eigenvalue weighted by Crippen LogP contribution is 2.38. The summed E-state index contributed by atoms with van der Waals surface area (Å²) < 4.78 is 0. The molecule has 1 aromatic rings. The third-order valence-corrected chi connectivity index (χ3v) is 4.88. The van der Waals surface area contributed by atoms with Gasteiger partial charge < -0.3 is 14.8 Å². The van der Waals surface area contributed by atoms with Crippen molar-refractivity contribution < 1.29 is 9.59 Å². The maximum atomic E-state index is 13.0. The Morgan fingerprint density at radius 2 is 2.04 bits per heavy atom. The van der Waals surface area contributed by atoms with Crippen molar-refractivity contribution in [1.82, 2.24) is 19.8 Å². The fourth-order valence-corrected chi connectivity index (χ4v) is 3.85. The van der Waals surface area contributed by atoms with Gasteiger partial charge in [0.15, 0.2) is 0 Å². The molecule has 2 aliphatic heterocycles. The van der Waals surface area contributed by atoms with Gasteiger partial charge in [0.1, 0.15) is 11.1 Å². The molecule has 0 aromatic carbocycles. The maximum Gasteiger partial charge on any atom is 0.263 e. The minimum Gasteiger partial charge on any atom is -0.341 e. The number of amides is 2. The van der Waals surface area contributed by atoms with Gasteiger partial charge in [0.25, 0.3) is 11.5 Å². The van der Waals surface area contributed by atoms with Gasteiger partial charge in [-0.25, -0.2) is 4.98 Å². The lowest BCUT2D eigenvalue weighted by atomic mass is 9.85. The summed E-state index contributed by atoms with van der Waals surface area (Å²) in [6, 6.07) is 0. The SMILES string of the molecule is CCCN1CCCC2(CCCN2C(=O)c2cnc[nH]c2=O)C1=O. The zero-order chi connectivity index (χ0) is 16.4. The molecular formula is C16H22N4O3. The topological polar surface area (TPSA) is 86.4 Å². The summed E-state index contributed by atoms with van der Waals surface area (Å²) in [5, 5.41) is 0. The average Bonchev–Trinajstić information content (AvgIpc) is 2.96. The zero-order valence-electron chi connectivity index (χ0n) is 13.4. The number of nitrogens with one attached hydrogen (secondary N) is 1. The van der Waals surface area contributed by atoms with E-state index >= 15 is 0 Å². The average molecular weight is 318 g/mol. The van der Waals surface area contributed by atoms with Crippen molar-refractivity contribution in [2.24, 2.45) is 0 Å². The first-order valence-corrected chi connectivity index (χ1v) is 8.24. The van der Waals surface area contributed by atoms with E-state index in [4.69, 9.17) is 0 Å². The van der Waals surface area contributed by atoms with E-state index in [1.165, 1.54) is 12.5 Å². The van der Waals surface area contributed by atoms with Crippen LogP contribution in [0.3, 0.4) is 0 Å². The highest BCUT2D eigenvalue weighted by molar-refractivity contribution is 5.99. The van der Waals surface area contributed by atoms with Crippen LogP contribution in [0, 0.1) is 0 Å². The number of carbonyl (C=O) groups is 2. The number of piperidine rings is 1. The van der Waals surface area contributed by atoms with Crippen molar-refractivity contribution in [1.29, 1.82) is 0 Å². The highest BCUT2D eigenvalue weighted by Gasteiger charge is 2.52. The van der Waals surface area contributed by atoms with Crippen LogP contribution in [-0.4, -0.2) is 56.8 Å². The second kappa shape index (κ2) is 6.14. The molecule has 1 spiro atoms. The molecule has 0 saturated carbocycles. The van der Waals surface area contributed by atoms with Crippen LogP contribution in [0.2, 0.25) is 0 Å². The zero-order valence-corrected chi connectivity index (χ0v) is 13.4. The van der Waals surface area contributed by atoms with Crippen molar-refractivity contribution in [2.75, 3.05) is 19.6 Å².